The van der Waals surface area contributed by atoms with Gasteiger partial charge in [-0.3, -0.25) is 0 Å². The lowest BCUT2D eigenvalue weighted by molar-refractivity contribution is -0.137. The molecule has 0 atom stereocenters. The maximum atomic E-state index is 12.5. The van der Waals surface area contributed by atoms with E-state index >= 15 is 0 Å². The Balaban J connectivity index is 2.12. The first-order chi connectivity index (χ1) is 9.88. The Bertz CT molecular complexity index is 666. The van der Waals surface area contributed by atoms with Gasteiger partial charge in [-0.2, -0.15) is 13.2 Å². The smallest absolute Gasteiger partial charge is 0.380 e. The van der Waals surface area contributed by atoms with E-state index in [4.69, 9.17) is 5.73 Å². The van der Waals surface area contributed by atoms with E-state index in [0.717, 1.165) is 12.1 Å². The first kappa shape index (κ1) is 15.0. The average Bonchev–Trinajstić information content (AvgIpc) is 2.98. The second kappa shape index (κ2) is 5.96. The number of nitrogens with two attached hydrogens (primary N) is 1. The van der Waals surface area contributed by atoms with Crippen LogP contribution in [0, 0.1) is 0 Å². The molecular formula is C13H9F3N2O2S. The summed E-state index contributed by atoms with van der Waals surface area (Å²) in [6.45, 7) is 0. The van der Waals surface area contributed by atoms with E-state index in [1.165, 1.54) is 17.4 Å². The summed E-state index contributed by atoms with van der Waals surface area (Å²) in [4.78, 5) is 16.8. The number of carbonyl (C=O) groups excluding carboxylic acids is 1. The number of rotatable bonds is 3. The highest BCUT2D eigenvalue weighted by atomic mass is 32.1. The number of thiophene rings is 1. The molecule has 0 aliphatic rings. The number of carbonyl (C=O) groups is 1. The third kappa shape index (κ3) is 3.82. The summed E-state index contributed by atoms with van der Waals surface area (Å²) in [5, 5.41) is 5.17. The van der Waals surface area contributed by atoms with Gasteiger partial charge in [0, 0.05) is 0 Å². The predicted octanol–water partition coefficient (Wildman–Crippen LogP) is 3.24. The molecule has 0 aliphatic carbocycles. The monoisotopic (exact) mass is 314 g/mol. The van der Waals surface area contributed by atoms with E-state index in [0.29, 0.717) is 10.9 Å². The molecule has 2 rings (SSSR count). The van der Waals surface area contributed by atoms with E-state index in [9.17, 15) is 18.0 Å². The number of halogens is 3. The predicted molar refractivity (Wildman–Crippen MR) is 71.9 cm³/mol. The van der Waals surface area contributed by atoms with Gasteiger partial charge in [-0.25, -0.2) is 4.79 Å². The Morgan fingerprint density at radius 2 is 2.00 bits per heavy atom. The highest BCUT2D eigenvalue weighted by Gasteiger charge is 2.31. The molecular weight excluding hydrogens is 305 g/mol. The highest BCUT2D eigenvalue weighted by Crippen LogP contribution is 2.29. The van der Waals surface area contributed by atoms with Crippen molar-refractivity contribution in [1.82, 2.24) is 0 Å². The molecule has 0 fully saturated rings. The third-order valence-corrected chi connectivity index (χ3v) is 3.32. The molecule has 0 saturated carbocycles. The summed E-state index contributed by atoms with van der Waals surface area (Å²) in [7, 11) is 0. The van der Waals surface area contributed by atoms with Gasteiger partial charge in [0.25, 0.3) is 0 Å². The lowest BCUT2D eigenvalue weighted by Gasteiger charge is -2.07. The largest absolute Gasteiger partial charge is 0.416 e. The van der Waals surface area contributed by atoms with E-state index in [1.54, 1.807) is 17.5 Å². The van der Waals surface area contributed by atoms with Crippen LogP contribution in [-0.4, -0.2) is 11.8 Å². The fraction of sp³-hybridized carbons (Fsp3) is 0.0769. The molecule has 0 saturated heterocycles. The first-order valence-corrected chi connectivity index (χ1v) is 6.52. The van der Waals surface area contributed by atoms with Crippen LogP contribution >= 0.6 is 11.3 Å². The molecule has 0 spiro atoms. The molecule has 0 amide bonds. The molecule has 8 heteroatoms. The van der Waals surface area contributed by atoms with Crippen molar-refractivity contribution in [2.24, 2.45) is 10.9 Å². The van der Waals surface area contributed by atoms with Crippen molar-refractivity contribution in [3.05, 3.63) is 57.8 Å². The zero-order chi connectivity index (χ0) is 15.5. The Kier molecular flexibility index (Phi) is 4.27. The van der Waals surface area contributed by atoms with E-state index in [1.807, 2.05) is 0 Å². The molecule has 1 aromatic carbocycles. The van der Waals surface area contributed by atoms with Crippen LogP contribution in [0.15, 0.2) is 46.9 Å². The number of benzene rings is 1. The van der Waals surface area contributed by atoms with Crippen LogP contribution in [0.4, 0.5) is 13.2 Å². The third-order valence-electron chi connectivity index (χ3n) is 2.43. The summed E-state index contributed by atoms with van der Waals surface area (Å²) in [6, 6.07) is 7.28. The van der Waals surface area contributed by atoms with Gasteiger partial charge in [-0.15, -0.1) is 11.3 Å². The summed E-state index contributed by atoms with van der Waals surface area (Å²) in [6.07, 6.45) is -4.53. The zero-order valence-corrected chi connectivity index (χ0v) is 11.2. The molecule has 1 aromatic heterocycles. The summed E-state index contributed by atoms with van der Waals surface area (Å²) in [5.41, 5.74) is 4.37. The summed E-state index contributed by atoms with van der Waals surface area (Å²) < 4.78 is 37.6. The molecule has 0 radical (unpaired) electrons. The van der Waals surface area contributed by atoms with Crippen LogP contribution in [0.25, 0.3) is 0 Å². The van der Waals surface area contributed by atoms with Crippen LogP contribution in [0.5, 0.6) is 0 Å². The van der Waals surface area contributed by atoms with Gasteiger partial charge < -0.3 is 10.6 Å². The molecule has 4 nitrogen and oxygen atoms in total. The van der Waals surface area contributed by atoms with Crippen molar-refractivity contribution in [1.29, 1.82) is 0 Å². The zero-order valence-electron chi connectivity index (χ0n) is 10.4. The van der Waals surface area contributed by atoms with Crippen molar-refractivity contribution >= 4 is 23.1 Å². The number of alkyl halides is 3. The van der Waals surface area contributed by atoms with Crippen LogP contribution in [0.1, 0.15) is 20.8 Å². The van der Waals surface area contributed by atoms with Crippen LogP contribution in [-0.2, 0) is 11.0 Å². The van der Waals surface area contributed by atoms with Gasteiger partial charge in [0.1, 0.15) is 0 Å². The quantitative estimate of drug-likeness (QED) is 0.409. The van der Waals surface area contributed by atoms with Crippen LogP contribution < -0.4 is 5.73 Å². The van der Waals surface area contributed by atoms with Gasteiger partial charge in [0.2, 0.25) is 0 Å². The standard InChI is InChI=1S/C13H9F3N2O2S/c14-13(15,16)9-4-1-3-8(7-9)12(19)20-18-11(17)10-5-2-6-21-10/h1-7H,(H2,17,18). The average molecular weight is 314 g/mol. The Morgan fingerprint density at radius 3 is 2.62 bits per heavy atom. The van der Waals surface area contributed by atoms with Crippen molar-refractivity contribution in [3.63, 3.8) is 0 Å². The second-order valence-corrected chi connectivity index (χ2v) is 4.86. The Hall–Kier alpha value is -2.35. The molecule has 0 bridgehead atoms. The fourth-order valence-electron chi connectivity index (χ4n) is 1.44. The maximum absolute atomic E-state index is 12.5. The van der Waals surface area contributed by atoms with Crippen molar-refractivity contribution in [2.45, 2.75) is 6.18 Å². The van der Waals surface area contributed by atoms with Gasteiger partial charge >= 0.3 is 12.1 Å². The van der Waals surface area contributed by atoms with Crippen molar-refractivity contribution < 1.29 is 22.8 Å². The van der Waals surface area contributed by atoms with Crippen molar-refractivity contribution in [2.75, 3.05) is 0 Å². The number of hydrogen-bond donors (Lipinski definition) is 1. The Labute approximate surface area is 121 Å². The lowest BCUT2D eigenvalue weighted by atomic mass is 10.1. The van der Waals surface area contributed by atoms with Gasteiger partial charge in [-0.05, 0) is 29.6 Å². The second-order valence-electron chi connectivity index (χ2n) is 3.91. The molecule has 110 valence electrons. The van der Waals surface area contributed by atoms with Crippen LogP contribution in [0.2, 0.25) is 0 Å². The van der Waals surface area contributed by atoms with Gasteiger partial charge in [0.15, 0.2) is 5.84 Å². The molecule has 2 aromatic rings. The number of nitrogens with zero attached hydrogens (tertiary/aromatic N) is 1. The summed E-state index contributed by atoms with van der Waals surface area (Å²) >= 11 is 1.29. The highest BCUT2D eigenvalue weighted by molar-refractivity contribution is 7.12. The van der Waals surface area contributed by atoms with Crippen LogP contribution in [0.3, 0.4) is 0 Å². The molecule has 1 heterocycles. The minimum atomic E-state index is -4.53. The van der Waals surface area contributed by atoms with E-state index in [2.05, 4.69) is 9.99 Å². The SMILES string of the molecule is N/C(=N\OC(=O)c1cccc(C(F)(F)F)c1)c1cccs1. The van der Waals surface area contributed by atoms with Gasteiger partial charge in [0.05, 0.1) is 16.0 Å². The number of amidine groups is 1. The van der Waals surface area contributed by atoms with Gasteiger partial charge in [-0.1, -0.05) is 17.3 Å². The normalized spacial score (nSPS) is 12.2. The Morgan fingerprint density at radius 1 is 1.24 bits per heavy atom. The topological polar surface area (TPSA) is 64.7 Å². The molecule has 0 aliphatic heterocycles. The fourth-order valence-corrected chi connectivity index (χ4v) is 2.05. The minimum absolute atomic E-state index is 0.0228. The summed E-state index contributed by atoms with van der Waals surface area (Å²) in [5.74, 6) is -1.04. The maximum Gasteiger partial charge on any atom is 0.416 e. The molecule has 21 heavy (non-hydrogen) atoms. The molecule has 2 N–H and O–H groups in total. The van der Waals surface area contributed by atoms with Crippen molar-refractivity contribution in [3.8, 4) is 0 Å². The molecule has 0 unspecified atom stereocenters. The number of oxime groups is 1. The van der Waals surface area contributed by atoms with E-state index in [-0.39, 0.29) is 11.4 Å². The number of hydrogen-bond acceptors (Lipinski definition) is 4. The minimum Gasteiger partial charge on any atom is -0.380 e. The first-order valence-electron chi connectivity index (χ1n) is 5.64. The van der Waals surface area contributed by atoms with E-state index < -0.39 is 17.7 Å². The lowest BCUT2D eigenvalue weighted by Crippen LogP contribution is -2.14.